The maximum absolute atomic E-state index is 2.37. The predicted molar refractivity (Wildman–Crippen MR) is 82.7 cm³/mol. The fraction of sp³-hybridized carbons (Fsp3) is 0.556. The van der Waals surface area contributed by atoms with E-state index in [1.807, 2.05) is 0 Å². The van der Waals surface area contributed by atoms with E-state index >= 15 is 0 Å². The van der Waals surface area contributed by atoms with Crippen LogP contribution in [0.25, 0.3) is 0 Å². The van der Waals surface area contributed by atoms with E-state index in [-0.39, 0.29) is 22.0 Å². The van der Waals surface area contributed by atoms with Crippen LogP contribution >= 0.6 is 0 Å². The van der Waals surface area contributed by atoms with Crippen LogP contribution in [0, 0.1) is 10.8 Å². The van der Waals surface area contributed by atoms with Crippen molar-refractivity contribution >= 4 is 0 Å². The summed E-state index contributed by atoms with van der Waals surface area (Å²) in [6.07, 6.45) is 11.9. The van der Waals surface area contributed by atoms with Crippen LogP contribution in [0.1, 0.15) is 57.2 Å². The summed E-state index contributed by atoms with van der Waals surface area (Å²) in [7, 11) is 0. The minimum atomic E-state index is -0.114. The zero-order valence-electron chi connectivity index (χ0n) is 15.2. The predicted octanol–water partition coefficient (Wildman–Crippen LogP) is 5.81. The number of allylic oxidation sites excluding steroid dienone is 8. The molecule has 0 fully saturated rings. The van der Waals surface area contributed by atoms with Crippen molar-refractivity contribution in [2.24, 2.45) is 10.8 Å². The van der Waals surface area contributed by atoms with Crippen molar-refractivity contribution in [3.63, 3.8) is 0 Å². The maximum atomic E-state index is 2.37. The van der Waals surface area contributed by atoms with Gasteiger partial charge in [0.15, 0.2) is 0 Å². The molecule has 0 radical (unpaired) electrons. The van der Waals surface area contributed by atoms with E-state index in [2.05, 4.69) is 65.8 Å². The molecule has 0 aromatic rings. The Labute approximate surface area is 130 Å². The molecule has 0 bridgehead atoms. The molecule has 2 aliphatic carbocycles. The topological polar surface area (TPSA) is 0 Å². The summed E-state index contributed by atoms with van der Waals surface area (Å²) < 4.78 is 3.51. The van der Waals surface area contributed by atoms with E-state index in [0.29, 0.717) is 10.8 Å². The average molecular weight is 292 g/mol. The average Bonchev–Trinajstić information content (AvgIpc) is 2.83. The molecular formula is C18H28Ti. The van der Waals surface area contributed by atoms with E-state index in [0.717, 1.165) is 0 Å². The Morgan fingerprint density at radius 3 is 1.47 bits per heavy atom. The van der Waals surface area contributed by atoms with Crippen LogP contribution in [0.15, 0.2) is 43.2 Å². The van der Waals surface area contributed by atoms with Crippen molar-refractivity contribution in [1.82, 2.24) is 0 Å². The molecule has 0 aliphatic heterocycles. The molecule has 0 heterocycles. The third-order valence-electron chi connectivity index (χ3n) is 3.78. The molecule has 2 rings (SSSR count). The SMILES string of the molecule is CC(C)(C)C1=[C]([Ti+2][C]2=C(C(C)(C)C)C=CC2)CC=C1.[H-].[H-]. The van der Waals surface area contributed by atoms with Crippen LogP contribution in [0.3, 0.4) is 0 Å². The van der Waals surface area contributed by atoms with Crippen molar-refractivity contribution in [3.8, 4) is 0 Å². The molecule has 0 nitrogen and oxygen atoms in total. The Balaban J connectivity index is 0.00000200. The summed E-state index contributed by atoms with van der Waals surface area (Å²) in [6.45, 7) is 14.1. The third-order valence-corrected chi connectivity index (χ3v) is 6.20. The van der Waals surface area contributed by atoms with Gasteiger partial charge in [-0.3, -0.25) is 0 Å². The van der Waals surface area contributed by atoms with Crippen LogP contribution in [-0.2, 0) is 19.2 Å². The van der Waals surface area contributed by atoms with Gasteiger partial charge in [-0.1, -0.05) is 0 Å². The van der Waals surface area contributed by atoms with Crippen molar-refractivity contribution in [1.29, 1.82) is 0 Å². The molecule has 0 spiro atoms. The van der Waals surface area contributed by atoms with E-state index in [1.54, 1.807) is 18.9 Å². The maximum Gasteiger partial charge on any atom is -1.00 e. The molecule has 0 amide bonds. The van der Waals surface area contributed by atoms with E-state index in [4.69, 9.17) is 0 Å². The first kappa shape index (κ1) is 15.1. The van der Waals surface area contributed by atoms with Gasteiger partial charge in [0.1, 0.15) is 0 Å². The van der Waals surface area contributed by atoms with Crippen LogP contribution < -0.4 is 0 Å². The molecule has 0 aromatic heterocycles. The van der Waals surface area contributed by atoms with Crippen LogP contribution in [0.4, 0.5) is 0 Å². The Kier molecular flexibility index (Phi) is 4.14. The normalized spacial score (nSPS) is 19.7. The zero-order valence-corrected chi connectivity index (χ0v) is 14.8. The number of hydrogen-bond donors (Lipinski definition) is 0. The van der Waals surface area contributed by atoms with Gasteiger partial charge >= 0.3 is 128 Å². The van der Waals surface area contributed by atoms with Crippen LogP contribution in [0.5, 0.6) is 0 Å². The smallest absolute Gasteiger partial charge is 1.00 e. The van der Waals surface area contributed by atoms with Crippen LogP contribution in [0.2, 0.25) is 0 Å². The molecule has 0 N–H and O–H groups in total. The second-order valence-electron chi connectivity index (χ2n) is 7.62. The Bertz CT molecular complexity index is 448. The first-order chi connectivity index (χ1) is 8.69. The zero-order chi connectivity index (χ0) is 14.3. The largest absolute Gasteiger partial charge is 1.00 e. The summed E-state index contributed by atoms with van der Waals surface area (Å²) >= 11 is -0.114. The molecule has 2 aliphatic rings. The van der Waals surface area contributed by atoms with Crippen molar-refractivity contribution in [2.45, 2.75) is 54.4 Å². The van der Waals surface area contributed by atoms with Gasteiger partial charge in [0, 0.05) is 0 Å². The quantitative estimate of drug-likeness (QED) is 0.563. The number of rotatable bonds is 2. The molecule has 0 aromatic carbocycles. The van der Waals surface area contributed by atoms with Gasteiger partial charge in [0.2, 0.25) is 0 Å². The fourth-order valence-corrected chi connectivity index (χ4v) is 5.94. The molecule has 1 heteroatoms. The van der Waals surface area contributed by atoms with Crippen molar-refractivity contribution in [2.75, 3.05) is 0 Å². The van der Waals surface area contributed by atoms with Crippen molar-refractivity contribution < 1.29 is 22.0 Å². The molecule has 104 valence electrons. The second-order valence-corrected chi connectivity index (χ2v) is 9.90. The van der Waals surface area contributed by atoms with Gasteiger partial charge in [-0.25, -0.2) is 0 Å². The van der Waals surface area contributed by atoms with Gasteiger partial charge in [-0.2, -0.15) is 0 Å². The summed E-state index contributed by atoms with van der Waals surface area (Å²) in [4.78, 5) is 0. The standard InChI is InChI=1S/2C9H13.Ti.2H/c2*1-9(2,3)8-6-4-5-7-8;;;/h2*4,6H,5H2,1-3H3;;;/q;;+2;2*-1. The Hall–Kier alpha value is -0.326. The molecule has 0 unspecified atom stereocenters. The van der Waals surface area contributed by atoms with Gasteiger partial charge in [0.05, 0.1) is 0 Å². The third kappa shape index (κ3) is 3.41. The van der Waals surface area contributed by atoms with E-state index in [1.165, 1.54) is 12.8 Å². The van der Waals surface area contributed by atoms with Gasteiger partial charge in [-0.05, 0) is 0 Å². The molecule has 19 heavy (non-hydrogen) atoms. The minimum absolute atomic E-state index is 0. The molecule has 0 atom stereocenters. The van der Waals surface area contributed by atoms with Gasteiger partial charge in [0.25, 0.3) is 0 Å². The fourth-order valence-electron chi connectivity index (χ4n) is 2.83. The summed E-state index contributed by atoms with van der Waals surface area (Å²) in [5.74, 6) is 0. The Morgan fingerprint density at radius 2 is 1.16 bits per heavy atom. The Morgan fingerprint density at radius 1 is 0.789 bits per heavy atom. The summed E-state index contributed by atoms with van der Waals surface area (Å²) in [5, 5.41) is 0. The first-order valence-electron chi connectivity index (χ1n) is 7.27. The van der Waals surface area contributed by atoms with Gasteiger partial charge in [-0.15, -0.1) is 0 Å². The molecular weight excluding hydrogens is 264 g/mol. The molecule has 0 saturated carbocycles. The minimum Gasteiger partial charge on any atom is -1.00 e. The summed E-state index contributed by atoms with van der Waals surface area (Å²) in [6, 6.07) is 0. The summed E-state index contributed by atoms with van der Waals surface area (Å²) in [5.41, 5.74) is 3.83. The molecule has 0 saturated heterocycles. The first-order valence-corrected chi connectivity index (χ1v) is 8.83. The van der Waals surface area contributed by atoms with E-state index in [9.17, 15) is 0 Å². The van der Waals surface area contributed by atoms with Crippen LogP contribution in [-0.4, -0.2) is 0 Å². The van der Waals surface area contributed by atoms with Crippen molar-refractivity contribution in [3.05, 3.63) is 43.2 Å². The van der Waals surface area contributed by atoms with E-state index < -0.39 is 0 Å². The second kappa shape index (κ2) is 5.22. The van der Waals surface area contributed by atoms with Gasteiger partial charge < -0.3 is 2.85 Å². The number of hydrogen-bond acceptors (Lipinski definition) is 0. The monoisotopic (exact) mass is 292 g/mol.